The summed E-state index contributed by atoms with van der Waals surface area (Å²) in [5.74, 6) is 4.42. The summed E-state index contributed by atoms with van der Waals surface area (Å²) in [7, 11) is 1.27. The van der Waals surface area contributed by atoms with E-state index in [2.05, 4.69) is 5.87 Å². The molecule has 22 heavy (non-hydrogen) atoms. The zero-order valence-electron chi connectivity index (χ0n) is 12.6. The summed E-state index contributed by atoms with van der Waals surface area (Å²) in [6.07, 6.45) is 2.61. The number of methoxy groups -OCH3 is 1. The van der Waals surface area contributed by atoms with Crippen molar-refractivity contribution in [2.24, 2.45) is 0 Å². The van der Waals surface area contributed by atoms with Crippen LogP contribution in [0.4, 0.5) is 10.1 Å². The third-order valence-electron chi connectivity index (χ3n) is 3.24. The minimum Gasteiger partial charge on any atom is -0.497 e. The SMILES string of the molecule is C=S(C)N(Cc1ccc(C=O)cc1F)c1cccc(OC)c1. The van der Waals surface area contributed by atoms with Crippen LogP contribution in [0.1, 0.15) is 15.9 Å². The van der Waals surface area contributed by atoms with Crippen molar-refractivity contribution in [3.8, 4) is 5.75 Å². The van der Waals surface area contributed by atoms with E-state index in [0.717, 1.165) is 11.4 Å². The van der Waals surface area contributed by atoms with Crippen molar-refractivity contribution in [1.82, 2.24) is 0 Å². The molecule has 0 aromatic heterocycles. The van der Waals surface area contributed by atoms with Gasteiger partial charge in [-0.05, 0) is 24.5 Å². The molecule has 1 atom stereocenters. The second-order valence-electron chi connectivity index (χ2n) is 4.81. The Morgan fingerprint density at radius 3 is 2.68 bits per heavy atom. The third-order valence-corrected chi connectivity index (χ3v) is 4.34. The van der Waals surface area contributed by atoms with Crippen molar-refractivity contribution in [3.05, 3.63) is 59.4 Å². The van der Waals surface area contributed by atoms with Crippen LogP contribution in [-0.4, -0.2) is 25.5 Å². The molecule has 3 nitrogen and oxygen atoms in total. The molecular formula is C17H18FNO2S. The van der Waals surface area contributed by atoms with Gasteiger partial charge in [-0.15, -0.1) is 10.7 Å². The van der Waals surface area contributed by atoms with Crippen LogP contribution < -0.4 is 9.04 Å². The van der Waals surface area contributed by atoms with Crippen molar-refractivity contribution in [2.45, 2.75) is 6.54 Å². The molecule has 0 aliphatic heterocycles. The molecule has 2 aromatic carbocycles. The van der Waals surface area contributed by atoms with E-state index in [1.165, 1.54) is 6.07 Å². The van der Waals surface area contributed by atoms with Crippen LogP contribution in [0.2, 0.25) is 0 Å². The molecule has 0 aliphatic carbocycles. The van der Waals surface area contributed by atoms with Gasteiger partial charge in [0.15, 0.2) is 0 Å². The number of anilines is 1. The van der Waals surface area contributed by atoms with E-state index in [9.17, 15) is 9.18 Å². The number of benzene rings is 2. The van der Waals surface area contributed by atoms with Crippen molar-refractivity contribution < 1.29 is 13.9 Å². The Bertz CT molecular complexity index is 703. The van der Waals surface area contributed by atoms with Gasteiger partial charge >= 0.3 is 0 Å². The van der Waals surface area contributed by atoms with E-state index in [1.807, 2.05) is 34.8 Å². The average molecular weight is 319 g/mol. The highest BCUT2D eigenvalue weighted by molar-refractivity contribution is 8.14. The quantitative estimate of drug-likeness (QED) is 0.597. The van der Waals surface area contributed by atoms with Gasteiger partial charge in [0.05, 0.1) is 19.3 Å². The van der Waals surface area contributed by atoms with Crippen LogP contribution >= 0.6 is 10.7 Å². The van der Waals surface area contributed by atoms with Gasteiger partial charge in [0.2, 0.25) is 0 Å². The Morgan fingerprint density at radius 1 is 1.32 bits per heavy atom. The molecule has 0 amide bonds. The Labute approximate surface area is 132 Å². The van der Waals surface area contributed by atoms with Gasteiger partial charge in [-0.1, -0.05) is 24.1 Å². The topological polar surface area (TPSA) is 29.5 Å². The summed E-state index contributed by atoms with van der Waals surface area (Å²) < 4.78 is 21.3. The highest BCUT2D eigenvalue weighted by Crippen LogP contribution is 2.30. The Balaban J connectivity index is 2.33. The van der Waals surface area contributed by atoms with Crippen LogP contribution in [0.5, 0.6) is 5.75 Å². The molecule has 0 N–H and O–H groups in total. The second kappa shape index (κ2) is 7.22. The molecule has 1 unspecified atom stereocenters. The first-order chi connectivity index (χ1) is 10.5. The first-order valence-electron chi connectivity index (χ1n) is 6.66. The van der Waals surface area contributed by atoms with Crippen LogP contribution in [0.3, 0.4) is 0 Å². The monoisotopic (exact) mass is 319 g/mol. The predicted octanol–water partition coefficient (Wildman–Crippen LogP) is 3.90. The molecule has 0 heterocycles. The molecule has 2 rings (SSSR count). The van der Waals surface area contributed by atoms with E-state index in [4.69, 9.17) is 4.74 Å². The fourth-order valence-electron chi connectivity index (χ4n) is 2.07. The maximum absolute atomic E-state index is 14.1. The maximum Gasteiger partial charge on any atom is 0.150 e. The van der Waals surface area contributed by atoms with Crippen molar-refractivity contribution >= 4 is 28.5 Å². The number of rotatable bonds is 6. The molecule has 0 spiro atoms. The lowest BCUT2D eigenvalue weighted by molar-refractivity contribution is 0.112. The molecule has 116 valence electrons. The smallest absolute Gasteiger partial charge is 0.150 e. The van der Waals surface area contributed by atoms with Crippen LogP contribution in [0.25, 0.3) is 0 Å². The van der Waals surface area contributed by atoms with E-state index < -0.39 is 0 Å². The van der Waals surface area contributed by atoms with E-state index in [0.29, 0.717) is 24.0 Å². The molecular weight excluding hydrogens is 301 g/mol. The van der Waals surface area contributed by atoms with Crippen molar-refractivity contribution in [2.75, 3.05) is 17.7 Å². The lowest BCUT2D eigenvalue weighted by Gasteiger charge is -2.26. The second-order valence-corrected chi connectivity index (χ2v) is 6.45. The highest BCUT2D eigenvalue weighted by Gasteiger charge is 2.12. The Kier molecular flexibility index (Phi) is 5.33. The standard InChI is InChI=1S/C17H18FNO2S/c1-21-16-6-4-5-15(10-16)19(22(2)3)11-14-8-7-13(12-20)9-17(14)18/h4-10,12H,2,11H2,1,3H3. The van der Waals surface area contributed by atoms with Crippen LogP contribution in [0, 0.1) is 5.82 Å². The average Bonchev–Trinajstić information content (AvgIpc) is 2.53. The number of hydrogen-bond donors (Lipinski definition) is 0. The van der Waals surface area contributed by atoms with Crippen LogP contribution in [-0.2, 0) is 6.54 Å². The number of halogens is 1. The lowest BCUT2D eigenvalue weighted by Crippen LogP contribution is -2.16. The molecule has 0 saturated carbocycles. The summed E-state index contributed by atoms with van der Waals surface area (Å²) in [5, 5.41) is 0. The summed E-state index contributed by atoms with van der Waals surface area (Å²) in [4.78, 5) is 10.7. The Morgan fingerprint density at radius 2 is 2.09 bits per heavy atom. The van der Waals surface area contributed by atoms with Gasteiger partial charge in [-0.25, -0.2) is 4.39 Å². The minimum absolute atomic E-state index is 0.333. The fourth-order valence-corrected chi connectivity index (χ4v) is 2.90. The van der Waals surface area contributed by atoms with Gasteiger partial charge in [0.1, 0.15) is 17.9 Å². The van der Waals surface area contributed by atoms with Crippen molar-refractivity contribution in [3.63, 3.8) is 0 Å². The molecule has 0 saturated heterocycles. The van der Waals surface area contributed by atoms with Gasteiger partial charge in [0.25, 0.3) is 0 Å². The largest absolute Gasteiger partial charge is 0.497 e. The molecule has 0 radical (unpaired) electrons. The summed E-state index contributed by atoms with van der Waals surface area (Å²) >= 11 is 0. The van der Waals surface area contributed by atoms with Gasteiger partial charge in [-0.3, -0.25) is 4.79 Å². The molecule has 0 bridgehead atoms. The molecule has 0 aliphatic rings. The molecule has 0 fully saturated rings. The first-order valence-corrected chi connectivity index (χ1v) is 8.42. The van der Waals surface area contributed by atoms with Gasteiger partial charge < -0.3 is 9.04 Å². The number of nitrogens with zero attached hydrogens (tertiary/aromatic N) is 1. The van der Waals surface area contributed by atoms with E-state index in [-0.39, 0.29) is 16.5 Å². The fraction of sp³-hybridized carbons (Fsp3) is 0.176. The van der Waals surface area contributed by atoms with E-state index >= 15 is 0 Å². The lowest BCUT2D eigenvalue weighted by atomic mass is 10.1. The zero-order valence-corrected chi connectivity index (χ0v) is 13.4. The number of aldehydes is 1. The minimum atomic E-state index is -0.386. The van der Waals surface area contributed by atoms with Gasteiger partial charge in [0, 0.05) is 17.2 Å². The predicted molar refractivity (Wildman–Crippen MR) is 91.6 cm³/mol. The number of carbonyl (C=O) groups excluding carboxylic acids is 1. The summed E-state index contributed by atoms with van der Waals surface area (Å²) in [5.41, 5.74) is 1.77. The van der Waals surface area contributed by atoms with Crippen molar-refractivity contribution in [1.29, 1.82) is 0 Å². The summed E-state index contributed by atoms with van der Waals surface area (Å²) in [6.45, 7) is 0.376. The van der Waals surface area contributed by atoms with E-state index in [1.54, 1.807) is 19.2 Å². The molecule has 5 heteroatoms. The number of hydrogen-bond acceptors (Lipinski definition) is 3. The molecule has 2 aromatic rings. The summed E-state index contributed by atoms with van der Waals surface area (Å²) in [6, 6.07) is 12.1. The number of ether oxygens (including phenoxy) is 1. The highest BCUT2D eigenvalue weighted by atomic mass is 32.2. The maximum atomic E-state index is 14.1. The third kappa shape index (κ3) is 3.74. The Hall–Kier alpha value is -2.14. The normalized spacial score (nSPS) is 11.8. The van der Waals surface area contributed by atoms with Crippen LogP contribution in [0.15, 0.2) is 42.5 Å². The first kappa shape index (κ1) is 16.2. The van der Waals surface area contributed by atoms with Gasteiger partial charge in [-0.2, -0.15) is 0 Å². The number of carbonyl (C=O) groups is 1. The zero-order chi connectivity index (χ0) is 16.1.